The van der Waals surface area contributed by atoms with Crippen molar-refractivity contribution < 1.29 is 18.0 Å². The van der Waals surface area contributed by atoms with Crippen molar-refractivity contribution in [3.8, 4) is 22.4 Å². The SMILES string of the molecule is Nc1ncc(-c2ccccn2)c2scc(-c3ccc(NC(=O)Nc4cccc(C(F)(F)F)c4)cc3)c12. The number of carbonyl (C=O) groups excluding carboxylic acids is 1. The number of aromatic nitrogens is 2. The number of benzene rings is 2. The molecule has 0 unspecified atom stereocenters. The molecule has 4 N–H and O–H groups in total. The number of halogens is 3. The molecule has 3 aromatic heterocycles. The summed E-state index contributed by atoms with van der Waals surface area (Å²) < 4.78 is 39.7. The van der Waals surface area contributed by atoms with E-state index in [4.69, 9.17) is 5.73 Å². The molecule has 0 atom stereocenters. The van der Waals surface area contributed by atoms with Crippen molar-refractivity contribution in [1.29, 1.82) is 0 Å². The molecule has 0 radical (unpaired) electrons. The monoisotopic (exact) mass is 505 g/mol. The molecule has 2 amide bonds. The Morgan fingerprint density at radius 2 is 1.67 bits per heavy atom. The zero-order chi connectivity index (χ0) is 25.3. The van der Waals surface area contributed by atoms with E-state index in [1.165, 1.54) is 12.1 Å². The van der Waals surface area contributed by atoms with Gasteiger partial charge in [0.15, 0.2) is 0 Å². The number of alkyl halides is 3. The number of hydrogen-bond donors (Lipinski definition) is 3. The number of urea groups is 1. The number of hydrogen-bond acceptors (Lipinski definition) is 5. The summed E-state index contributed by atoms with van der Waals surface area (Å²) in [5, 5.41) is 7.87. The van der Waals surface area contributed by atoms with E-state index in [1.54, 1.807) is 35.9 Å². The second-order valence-electron chi connectivity index (χ2n) is 7.86. The number of nitrogen functional groups attached to an aromatic ring is 1. The average molecular weight is 506 g/mol. The minimum atomic E-state index is -4.49. The van der Waals surface area contributed by atoms with Crippen molar-refractivity contribution in [3.63, 3.8) is 0 Å². The van der Waals surface area contributed by atoms with E-state index in [0.29, 0.717) is 11.5 Å². The standard InChI is InChI=1S/C26H18F3N5OS/c27-26(28,29)16-4-3-5-18(12-16)34-25(35)33-17-9-7-15(8-10-17)20-14-36-23-19(13-32-24(30)22(20)23)21-6-1-2-11-31-21/h1-14H,(H2,30,32)(H2,33,34,35). The third-order valence-corrected chi connectivity index (χ3v) is 6.48. The topological polar surface area (TPSA) is 92.9 Å². The Kier molecular flexibility index (Phi) is 6.03. The molecule has 0 aliphatic carbocycles. The second-order valence-corrected chi connectivity index (χ2v) is 8.74. The highest BCUT2D eigenvalue weighted by Crippen LogP contribution is 2.41. The van der Waals surface area contributed by atoms with Gasteiger partial charge in [0, 0.05) is 45.0 Å². The van der Waals surface area contributed by atoms with Crippen LogP contribution in [0.1, 0.15) is 5.56 Å². The molecule has 0 aliphatic rings. The summed E-state index contributed by atoms with van der Waals surface area (Å²) in [6.07, 6.45) is -1.05. The van der Waals surface area contributed by atoms with Gasteiger partial charge in [-0.05, 0) is 53.4 Å². The van der Waals surface area contributed by atoms with E-state index in [1.807, 2.05) is 35.7 Å². The largest absolute Gasteiger partial charge is 0.416 e. The number of nitrogens with zero attached hydrogens (tertiary/aromatic N) is 2. The highest BCUT2D eigenvalue weighted by molar-refractivity contribution is 7.18. The lowest BCUT2D eigenvalue weighted by Crippen LogP contribution is -2.19. The van der Waals surface area contributed by atoms with E-state index < -0.39 is 17.8 Å². The van der Waals surface area contributed by atoms with Crippen molar-refractivity contribution in [2.45, 2.75) is 6.18 Å². The summed E-state index contributed by atoms with van der Waals surface area (Å²) in [5.41, 5.74) is 9.37. The Morgan fingerprint density at radius 1 is 0.889 bits per heavy atom. The van der Waals surface area contributed by atoms with Crippen LogP contribution in [-0.2, 0) is 6.18 Å². The third-order valence-electron chi connectivity index (χ3n) is 5.47. The Morgan fingerprint density at radius 3 is 2.39 bits per heavy atom. The van der Waals surface area contributed by atoms with E-state index >= 15 is 0 Å². The first-order chi connectivity index (χ1) is 17.3. The number of nitrogens with one attached hydrogen (secondary N) is 2. The van der Waals surface area contributed by atoms with Gasteiger partial charge in [-0.1, -0.05) is 24.3 Å². The van der Waals surface area contributed by atoms with E-state index in [-0.39, 0.29) is 5.69 Å². The summed E-state index contributed by atoms with van der Waals surface area (Å²) in [5.74, 6) is 0.406. The fraction of sp³-hybridized carbons (Fsp3) is 0.0385. The van der Waals surface area contributed by atoms with Crippen LogP contribution < -0.4 is 16.4 Å². The quantitative estimate of drug-likeness (QED) is 0.239. The first-order valence-corrected chi connectivity index (χ1v) is 11.6. The van der Waals surface area contributed by atoms with Crippen molar-refractivity contribution in [1.82, 2.24) is 9.97 Å². The third kappa shape index (κ3) is 4.71. The molecule has 5 rings (SSSR count). The number of nitrogens with two attached hydrogens (primary N) is 1. The van der Waals surface area contributed by atoms with Crippen LogP contribution in [0.4, 0.5) is 35.2 Å². The van der Waals surface area contributed by atoms with Crippen LogP contribution in [-0.4, -0.2) is 16.0 Å². The van der Waals surface area contributed by atoms with Gasteiger partial charge in [-0.25, -0.2) is 9.78 Å². The van der Waals surface area contributed by atoms with Gasteiger partial charge in [0.25, 0.3) is 0 Å². The summed E-state index contributed by atoms with van der Waals surface area (Å²) >= 11 is 1.54. The predicted molar refractivity (Wildman–Crippen MR) is 137 cm³/mol. The first-order valence-electron chi connectivity index (χ1n) is 10.7. The maximum absolute atomic E-state index is 12.9. The molecule has 0 bridgehead atoms. The van der Waals surface area contributed by atoms with Crippen molar-refractivity contribution in [2.75, 3.05) is 16.4 Å². The molecule has 10 heteroatoms. The fourth-order valence-electron chi connectivity index (χ4n) is 3.78. The molecule has 0 spiro atoms. The van der Waals surface area contributed by atoms with Crippen LogP contribution in [0.15, 0.2) is 84.5 Å². The highest BCUT2D eigenvalue weighted by atomic mass is 32.1. The molecule has 2 aromatic carbocycles. The lowest BCUT2D eigenvalue weighted by molar-refractivity contribution is -0.137. The van der Waals surface area contributed by atoms with Crippen LogP contribution in [0.3, 0.4) is 0 Å². The molecular formula is C26H18F3N5OS. The highest BCUT2D eigenvalue weighted by Gasteiger charge is 2.30. The van der Waals surface area contributed by atoms with Crippen molar-refractivity contribution >= 4 is 44.6 Å². The molecule has 0 saturated carbocycles. The Labute approximate surface area is 207 Å². The van der Waals surface area contributed by atoms with Gasteiger partial charge in [0.05, 0.1) is 11.3 Å². The number of pyridine rings is 2. The Bertz CT molecular complexity index is 1550. The van der Waals surface area contributed by atoms with E-state index in [0.717, 1.165) is 44.6 Å². The number of thiophene rings is 1. The average Bonchev–Trinajstić information content (AvgIpc) is 3.31. The number of anilines is 3. The molecule has 5 aromatic rings. The van der Waals surface area contributed by atoms with Crippen LogP contribution in [0, 0.1) is 0 Å². The maximum atomic E-state index is 12.9. The van der Waals surface area contributed by atoms with E-state index in [9.17, 15) is 18.0 Å². The Hall–Kier alpha value is -4.44. The number of fused-ring (bicyclic) bond motifs is 1. The van der Waals surface area contributed by atoms with Gasteiger partial charge in [0.1, 0.15) is 5.82 Å². The predicted octanol–water partition coefficient (Wildman–Crippen LogP) is 7.27. The van der Waals surface area contributed by atoms with Gasteiger partial charge in [-0.15, -0.1) is 11.3 Å². The molecule has 180 valence electrons. The molecule has 36 heavy (non-hydrogen) atoms. The van der Waals surface area contributed by atoms with Gasteiger partial charge in [-0.2, -0.15) is 13.2 Å². The first kappa shape index (κ1) is 23.3. The molecule has 0 fully saturated rings. The summed E-state index contributed by atoms with van der Waals surface area (Å²) in [4.78, 5) is 21.1. The van der Waals surface area contributed by atoms with Gasteiger partial charge < -0.3 is 16.4 Å². The smallest absolute Gasteiger partial charge is 0.383 e. The fourth-order valence-corrected chi connectivity index (χ4v) is 4.89. The van der Waals surface area contributed by atoms with Crippen LogP contribution in [0.5, 0.6) is 0 Å². The van der Waals surface area contributed by atoms with E-state index in [2.05, 4.69) is 20.6 Å². The lowest BCUT2D eigenvalue weighted by Gasteiger charge is -2.11. The zero-order valence-electron chi connectivity index (χ0n) is 18.5. The second kappa shape index (κ2) is 9.31. The number of carbonyl (C=O) groups is 1. The molecule has 3 heterocycles. The Balaban J connectivity index is 1.36. The molecule has 0 aliphatic heterocycles. The number of amides is 2. The number of rotatable bonds is 4. The van der Waals surface area contributed by atoms with Crippen LogP contribution >= 0.6 is 11.3 Å². The summed E-state index contributed by atoms with van der Waals surface area (Å²) in [6.45, 7) is 0. The molecular weight excluding hydrogens is 487 g/mol. The van der Waals surface area contributed by atoms with Crippen LogP contribution in [0.2, 0.25) is 0 Å². The normalized spacial score (nSPS) is 11.4. The van der Waals surface area contributed by atoms with Gasteiger partial charge in [0.2, 0.25) is 0 Å². The van der Waals surface area contributed by atoms with Crippen molar-refractivity contribution in [2.24, 2.45) is 0 Å². The van der Waals surface area contributed by atoms with Crippen LogP contribution in [0.25, 0.3) is 32.5 Å². The molecule has 6 nitrogen and oxygen atoms in total. The van der Waals surface area contributed by atoms with Gasteiger partial charge >= 0.3 is 12.2 Å². The van der Waals surface area contributed by atoms with Crippen molar-refractivity contribution in [3.05, 3.63) is 90.1 Å². The minimum Gasteiger partial charge on any atom is -0.383 e. The summed E-state index contributed by atoms with van der Waals surface area (Å²) in [7, 11) is 0. The lowest BCUT2D eigenvalue weighted by atomic mass is 10.0. The summed E-state index contributed by atoms with van der Waals surface area (Å²) in [6, 6.07) is 16.5. The minimum absolute atomic E-state index is 0.0374. The maximum Gasteiger partial charge on any atom is 0.416 e. The van der Waals surface area contributed by atoms with Gasteiger partial charge in [-0.3, -0.25) is 4.98 Å². The zero-order valence-corrected chi connectivity index (χ0v) is 19.3. The molecule has 0 saturated heterocycles.